The predicted molar refractivity (Wildman–Crippen MR) is 134 cm³/mol. The molecule has 5 N–H and O–H groups in total. The lowest BCUT2D eigenvalue weighted by atomic mass is 10.0. The number of carbonyl (C=O) groups is 1. The number of benzene rings is 1. The van der Waals surface area contributed by atoms with E-state index in [1.54, 1.807) is 12.1 Å². The summed E-state index contributed by atoms with van der Waals surface area (Å²) in [4.78, 5) is 22.2. The first kappa shape index (κ1) is 26.4. The Morgan fingerprint density at radius 1 is 1.34 bits per heavy atom. The van der Waals surface area contributed by atoms with Crippen LogP contribution in [0.5, 0.6) is 0 Å². The number of nitrogens with two attached hydrogens (primary N) is 2. The maximum atomic E-state index is 11.6. The molecular weight excluding hydrogens is 486 g/mol. The molecule has 1 aliphatic rings. The standard InChI is InChI=1S/C23H27N7O3S2/c1-3-18-19(12-24)23(34-14-15-4-6-17(7-5-15)35(26,32)33)29-22(21(18)27-2)30-10-8-16(9-11-30)28-20(31)13-25/h4-7,16H,3,8-11,13-14,25H2,1H3,(H,28,31)(H2,26,32,33). The summed E-state index contributed by atoms with van der Waals surface area (Å²) in [5.74, 6) is 0.817. The monoisotopic (exact) mass is 513 g/mol. The maximum Gasteiger partial charge on any atom is 0.238 e. The second-order valence-corrected chi connectivity index (χ2v) is 10.6. The van der Waals surface area contributed by atoms with Gasteiger partial charge in [-0.3, -0.25) is 4.79 Å². The van der Waals surface area contributed by atoms with Crippen LogP contribution in [0, 0.1) is 17.9 Å². The van der Waals surface area contributed by atoms with Crippen molar-refractivity contribution in [1.29, 1.82) is 5.26 Å². The van der Waals surface area contributed by atoms with Crippen LogP contribution >= 0.6 is 11.8 Å². The van der Waals surface area contributed by atoms with Crippen molar-refractivity contribution in [2.75, 3.05) is 24.5 Å². The Labute approximate surface area is 209 Å². The minimum Gasteiger partial charge on any atom is -0.365 e. The Bertz CT molecular complexity index is 1270. The lowest BCUT2D eigenvalue weighted by molar-refractivity contribution is -0.120. The molecule has 35 heavy (non-hydrogen) atoms. The fourth-order valence-corrected chi connectivity index (χ4v) is 5.41. The van der Waals surface area contributed by atoms with Crippen molar-refractivity contribution in [3.8, 4) is 6.07 Å². The van der Waals surface area contributed by atoms with Gasteiger partial charge in [0.1, 0.15) is 16.9 Å². The van der Waals surface area contributed by atoms with Crippen LogP contribution in [-0.2, 0) is 27.0 Å². The van der Waals surface area contributed by atoms with E-state index in [0.717, 1.165) is 5.56 Å². The smallest absolute Gasteiger partial charge is 0.238 e. The van der Waals surface area contributed by atoms with Gasteiger partial charge < -0.3 is 16.0 Å². The highest BCUT2D eigenvalue weighted by Gasteiger charge is 2.27. The number of nitriles is 1. The van der Waals surface area contributed by atoms with E-state index in [1.165, 1.54) is 23.9 Å². The second-order valence-electron chi connectivity index (χ2n) is 8.03. The van der Waals surface area contributed by atoms with Crippen LogP contribution in [0.1, 0.15) is 36.5 Å². The zero-order chi connectivity index (χ0) is 25.6. The number of carbonyl (C=O) groups excluding carboxylic acids is 1. The van der Waals surface area contributed by atoms with Crippen molar-refractivity contribution in [3.63, 3.8) is 0 Å². The number of primary sulfonamides is 1. The molecule has 1 aromatic heterocycles. The van der Waals surface area contributed by atoms with Crippen molar-refractivity contribution in [2.24, 2.45) is 10.9 Å². The van der Waals surface area contributed by atoms with E-state index in [-0.39, 0.29) is 23.4 Å². The molecule has 0 unspecified atom stereocenters. The van der Waals surface area contributed by atoms with E-state index in [2.05, 4.69) is 16.2 Å². The first-order chi connectivity index (χ1) is 16.7. The molecule has 0 spiro atoms. The summed E-state index contributed by atoms with van der Waals surface area (Å²) in [5, 5.41) is 18.5. The van der Waals surface area contributed by atoms with E-state index >= 15 is 0 Å². The molecule has 0 bridgehead atoms. The first-order valence-corrected chi connectivity index (χ1v) is 13.6. The molecule has 0 aliphatic carbocycles. The zero-order valence-corrected chi connectivity index (χ0v) is 21.0. The number of anilines is 1. The summed E-state index contributed by atoms with van der Waals surface area (Å²) < 4.78 is 23.0. The molecule has 2 aromatic rings. The van der Waals surface area contributed by atoms with Gasteiger partial charge in [0.25, 0.3) is 0 Å². The number of hydrogen-bond acceptors (Lipinski definition) is 8. The highest BCUT2D eigenvalue weighted by molar-refractivity contribution is 7.98. The molecule has 0 radical (unpaired) electrons. The van der Waals surface area contributed by atoms with Crippen molar-refractivity contribution in [3.05, 3.63) is 52.4 Å². The fourth-order valence-electron chi connectivity index (χ4n) is 3.94. The van der Waals surface area contributed by atoms with Gasteiger partial charge in [-0.15, -0.1) is 11.8 Å². The van der Waals surface area contributed by atoms with Gasteiger partial charge in [-0.2, -0.15) is 5.26 Å². The van der Waals surface area contributed by atoms with Gasteiger partial charge in [0, 0.05) is 24.9 Å². The molecule has 0 saturated carbocycles. The normalized spacial score (nSPS) is 14.3. The summed E-state index contributed by atoms with van der Waals surface area (Å²) in [6, 6.07) is 8.49. The van der Waals surface area contributed by atoms with Gasteiger partial charge in [0.2, 0.25) is 21.6 Å². The van der Waals surface area contributed by atoms with E-state index in [1.807, 2.05) is 11.8 Å². The third-order valence-corrected chi connectivity index (χ3v) is 7.75. The Morgan fingerprint density at radius 3 is 2.51 bits per heavy atom. The highest BCUT2D eigenvalue weighted by Crippen LogP contribution is 2.39. The number of thioether (sulfide) groups is 1. The van der Waals surface area contributed by atoms with Gasteiger partial charge in [-0.1, -0.05) is 19.1 Å². The lowest BCUT2D eigenvalue weighted by Crippen LogP contribution is -2.46. The summed E-state index contributed by atoms with van der Waals surface area (Å²) >= 11 is 1.36. The topological polar surface area (TPSA) is 160 Å². The van der Waals surface area contributed by atoms with E-state index in [4.69, 9.17) is 22.4 Å². The number of nitrogens with zero attached hydrogens (tertiary/aromatic N) is 4. The minimum absolute atomic E-state index is 0.0249. The highest BCUT2D eigenvalue weighted by atomic mass is 32.2. The molecule has 2 heterocycles. The molecule has 0 atom stereocenters. The van der Waals surface area contributed by atoms with Crippen LogP contribution in [0.4, 0.5) is 11.5 Å². The Hall–Kier alpha value is -3.16. The van der Waals surface area contributed by atoms with Crippen LogP contribution in [-0.4, -0.2) is 45.0 Å². The molecule has 1 amide bonds. The Morgan fingerprint density at radius 2 is 2.00 bits per heavy atom. The van der Waals surface area contributed by atoms with Gasteiger partial charge in [0.05, 0.1) is 23.6 Å². The molecule has 1 fully saturated rings. The third-order valence-electron chi connectivity index (χ3n) is 5.77. The van der Waals surface area contributed by atoms with Crippen molar-refractivity contribution in [2.45, 2.75) is 47.9 Å². The molecule has 184 valence electrons. The zero-order valence-electron chi connectivity index (χ0n) is 19.3. The van der Waals surface area contributed by atoms with Crippen LogP contribution in [0.3, 0.4) is 0 Å². The average Bonchev–Trinajstić information content (AvgIpc) is 2.86. The van der Waals surface area contributed by atoms with Gasteiger partial charge in [-0.25, -0.2) is 23.4 Å². The van der Waals surface area contributed by atoms with Crippen LogP contribution in [0.25, 0.3) is 4.85 Å². The summed E-state index contributed by atoms with van der Waals surface area (Å²) in [6.07, 6.45) is 1.91. The number of nitrogens with one attached hydrogen (secondary N) is 1. The molecule has 1 aliphatic heterocycles. The number of rotatable bonds is 8. The Kier molecular flexibility index (Phi) is 8.70. The van der Waals surface area contributed by atoms with Crippen LogP contribution < -0.4 is 21.1 Å². The predicted octanol–water partition coefficient (Wildman–Crippen LogP) is 2.05. The first-order valence-electron chi connectivity index (χ1n) is 11.0. The molecule has 12 heteroatoms. The Balaban J connectivity index is 1.87. The number of amides is 1. The van der Waals surface area contributed by atoms with Crippen LogP contribution in [0.2, 0.25) is 0 Å². The number of piperidine rings is 1. The minimum atomic E-state index is -3.77. The maximum absolute atomic E-state index is 11.6. The summed E-state index contributed by atoms with van der Waals surface area (Å²) in [6.45, 7) is 10.8. The van der Waals surface area contributed by atoms with E-state index in [9.17, 15) is 18.5 Å². The van der Waals surface area contributed by atoms with Crippen molar-refractivity contribution >= 4 is 39.2 Å². The molecule has 3 rings (SSSR count). The largest absolute Gasteiger partial charge is 0.365 e. The van der Waals surface area contributed by atoms with Crippen molar-refractivity contribution in [1.82, 2.24) is 10.3 Å². The van der Waals surface area contributed by atoms with Crippen LogP contribution in [0.15, 0.2) is 34.2 Å². The summed E-state index contributed by atoms with van der Waals surface area (Å²) in [5.41, 5.74) is 7.67. The lowest BCUT2D eigenvalue weighted by Gasteiger charge is -2.34. The van der Waals surface area contributed by atoms with Gasteiger partial charge in [0.15, 0.2) is 0 Å². The second kappa shape index (κ2) is 11.5. The summed E-state index contributed by atoms with van der Waals surface area (Å²) in [7, 11) is -3.77. The number of sulfonamides is 1. The SMILES string of the molecule is [C-]#[N+]c1c(N2CCC(NC(=O)CN)CC2)nc(SCc2ccc(S(N)(=O)=O)cc2)c(C#N)c1CC. The van der Waals surface area contributed by atoms with Gasteiger partial charge >= 0.3 is 0 Å². The average molecular weight is 514 g/mol. The van der Waals surface area contributed by atoms with E-state index < -0.39 is 10.0 Å². The third kappa shape index (κ3) is 6.29. The number of pyridine rings is 1. The fraction of sp³-hybridized carbons (Fsp3) is 0.391. The number of aromatic nitrogens is 1. The van der Waals surface area contributed by atoms with Gasteiger partial charge in [-0.05, 0) is 42.5 Å². The molecular formula is C23H27N7O3S2. The van der Waals surface area contributed by atoms with E-state index in [0.29, 0.717) is 65.8 Å². The number of hydrogen-bond donors (Lipinski definition) is 3. The molecule has 1 aromatic carbocycles. The molecule has 1 saturated heterocycles. The molecule has 10 nitrogen and oxygen atoms in total. The van der Waals surface area contributed by atoms with Crippen molar-refractivity contribution < 1.29 is 13.2 Å². The quantitative estimate of drug-likeness (QED) is 0.357.